The number of carbonyl (C=O) groups excluding carboxylic acids is 1. The summed E-state index contributed by atoms with van der Waals surface area (Å²) in [6, 6.07) is 5.09. The lowest BCUT2D eigenvalue weighted by Crippen LogP contribution is -2.32. The van der Waals surface area contributed by atoms with E-state index >= 15 is 0 Å². The van der Waals surface area contributed by atoms with Crippen molar-refractivity contribution in [2.75, 3.05) is 26.2 Å². The molecule has 20 heavy (non-hydrogen) atoms. The largest absolute Gasteiger partial charge is 0.493 e. The Morgan fingerprint density at radius 2 is 2.05 bits per heavy atom. The van der Waals surface area contributed by atoms with Crippen LogP contribution in [0.4, 0.5) is 0 Å². The maximum Gasteiger partial charge on any atom is 0.255 e. The Balaban J connectivity index is 0.00000361. The van der Waals surface area contributed by atoms with E-state index in [0.717, 1.165) is 19.5 Å². The lowest BCUT2D eigenvalue weighted by molar-refractivity contribution is 0.0950. The first-order chi connectivity index (χ1) is 9.19. The van der Waals surface area contributed by atoms with Gasteiger partial charge in [-0.1, -0.05) is 25.4 Å². The Morgan fingerprint density at radius 1 is 1.30 bits per heavy atom. The summed E-state index contributed by atoms with van der Waals surface area (Å²) in [4.78, 5) is 12.1. The zero-order valence-corrected chi connectivity index (χ0v) is 13.4. The Kier molecular flexibility index (Phi) is 10.3. The van der Waals surface area contributed by atoms with Gasteiger partial charge in [-0.25, -0.2) is 0 Å². The van der Waals surface area contributed by atoms with Gasteiger partial charge in [-0.2, -0.15) is 0 Å². The van der Waals surface area contributed by atoms with Crippen LogP contribution < -0.4 is 15.4 Å². The number of ether oxygens (including phenoxy) is 1. The quantitative estimate of drug-likeness (QED) is 0.724. The van der Waals surface area contributed by atoms with E-state index in [1.54, 1.807) is 18.2 Å². The van der Waals surface area contributed by atoms with Crippen LogP contribution in [0.15, 0.2) is 18.2 Å². The summed E-state index contributed by atoms with van der Waals surface area (Å²) in [5.74, 6) is 0.415. The molecule has 0 radical (unpaired) electrons. The van der Waals surface area contributed by atoms with Gasteiger partial charge in [-0.15, -0.1) is 12.4 Å². The van der Waals surface area contributed by atoms with Crippen molar-refractivity contribution in [2.24, 2.45) is 0 Å². The number of likely N-dealkylation sites (N-methyl/N-ethyl adjacent to an activating group) is 1. The molecule has 0 aliphatic carbocycles. The molecule has 4 nitrogen and oxygen atoms in total. The highest BCUT2D eigenvalue weighted by Crippen LogP contribution is 2.23. The van der Waals surface area contributed by atoms with Crippen molar-refractivity contribution in [3.63, 3.8) is 0 Å². The molecule has 0 fully saturated rings. The van der Waals surface area contributed by atoms with Gasteiger partial charge in [0.15, 0.2) is 0 Å². The summed E-state index contributed by atoms with van der Waals surface area (Å²) in [6.45, 7) is 6.83. The molecule has 1 rings (SSSR count). The van der Waals surface area contributed by atoms with Crippen LogP contribution in [0.1, 0.15) is 30.6 Å². The monoisotopic (exact) mass is 320 g/mol. The van der Waals surface area contributed by atoms with Crippen molar-refractivity contribution in [2.45, 2.75) is 20.3 Å². The van der Waals surface area contributed by atoms with E-state index in [4.69, 9.17) is 16.3 Å². The van der Waals surface area contributed by atoms with Gasteiger partial charge in [0.05, 0.1) is 12.2 Å². The second-order valence-corrected chi connectivity index (χ2v) is 4.53. The number of hydrogen-bond donors (Lipinski definition) is 2. The van der Waals surface area contributed by atoms with Crippen LogP contribution in [0, 0.1) is 0 Å². The molecule has 0 unspecified atom stereocenters. The molecule has 0 aliphatic rings. The smallest absolute Gasteiger partial charge is 0.255 e. The van der Waals surface area contributed by atoms with Crippen molar-refractivity contribution in [3.8, 4) is 5.75 Å². The van der Waals surface area contributed by atoms with Crippen LogP contribution in [0.5, 0.6) is 5.75 Å². The number of hydrogen-bond acceptors (Lipinski definition) is 3. The zero-order chi connectivity index (χ0) is 14.1. The maximum absolute atomic E-state index is 12.1. The van der Waals surface area contributed by atoms with Gasteiger partial charge in [0, 0.05) is 18.1 Å². The molecule has 6 heteroatoms. The molecule has 2 N–H and O–H groups in total. The normalized spacial score (nSPS) is 9.75. The van der Waals surface area contributed by atoms with Crippen LogP contribution in [0.25, 0.3) is 0 Å². The minimum absolute atomic E-state index is 0. The average Bonchev–Trinajstić information content (AvgIpc) is 2.42. The lowest BCUT2D eigenvalue weighted by atomic mass is 10.2. The third-order valence-corrected chi connectivity index (χ3v) is 2.72. The highest BCUT2D eigenvalue weighted by atomic mass is 35.5. The number of benzene rings is 1. The van der Waals surface area contributed by atoms with Gasteiger partial charge in [0.25, 0.3) is 5.91 Å². The molecular formula is C14H22Cl2N2O2. The van der Waals surface area contributed by atoms with Crippen LogP contribution in [-0.2, 0) is 0 Å². The predicted octanol–water partition coefficient (Wildman–Crippen LogP) is 2.89. The summed E-state index contributed by atoms with van der Waals surface area (Å²) in [7, 11) is 0. The molecule has 0 aromatic heterocycles. The molecule has 0 saturated heterocycles. The number of carbonyl (C=O) groups is 1. The Bertz CT molecular complexity index is 414. The SMILES string of the molecule is CCCOc1ccc(Cl)cc1C(=O)NCCNCC.Cl. The molecule has 0 aliphatic heterocycles. The molecule has 1 aromatic rings. The van der Waals surface area contributed by atoms with E-state index < -0.39 is 0 Å². The van der Waals surface area contributed by atoms with Crippen molar-refractivity contribution in [3.05, 3.63) is 28.8 Å². The van der Waals surface area contributed by atoms with E-state index in [9.17, 15) is 4.79 Å². The van der Waals surface area contributed by atoms with Crippen molar-refractivity contribution in [1.82, 2.24) is 10.6 Å². The summed E-state index contributed by atoms with van der Waals surface area (Å²) < 4.78 is 5.55. The Labute approximate surface area is 131 Å². The van der Waals surface area contributed by atoms with E-state index in [2.05, 4.69) is 10.6 Å². The summed E-state index contributed by atoms with van der Waals surface area (Å²) in [5.41, 5.74) is 0.484. The third kappa shape index (κ3) is 6.46. The molecule has 0 atom stereocenters. The minimum Gasteiger partial charge on any atom is -0.493 e. The van der Waals surface area contributed by atoms with Crippen molar-refractivity contribution in [1.29, 1.82) is 0 Å². The first-order valence-electron chi connectivity index (χ1n) is 6.60. The Hall–Kier alpha value is -0.970. The van der Waals surface area contributed by atoms with Crippen molar-refractivity contribution >= 4 is 29.9 Å². The number of rotatable bonds is 8. The van der Waals surface area contributed by atoms with Gasteiger partial charge in [-0.3, -0.25) is 4.79 Å². The number of amides is 1. The molecule has 0 heterocycles. The third-order valence-electron chi connectivity index (χ3n) is 2.49. The topological polar surface area (TPSA) is 50.4 Å². The van der Waals surface area contributed by atoms with Gasteiger partial charge >= 0.3 is 0 Å². The van der Waals surface area contributed by atoms with E-state index in [1.165, 1.54) is 0 Å². The summed E-state index contributed by atoms with van der Waals surface area (Å²) >= 11 is 5.93. The van der Waals surface area contributed by atoms with Crippen LogP contribution in [0.3, 0.4) is 0 Å². The second-order valence-electron chi connectivity index (χ2n) is 4.10. The van der Waals surface area contributed by atoms with E-state index in [1.807, 2.05) is 13.8 Å². The molecule has 0 saturated carbocycles. The minimum atomic E-state index is -0.161. The fraction of sp³-hybridized carbons (Fsp3) is 0.500. The van der Waals surface area contributed by atoms with Gasteiger partial charge in [0.1, 0.15) is 5.75 Å². The Morgan fingerprint density at radius 3 is 2.70 bits per heavy atom. The molecule has 0 bridgehead atoms. The van der Waals surface area contributed by atoms with Crippen LogP contribution in [-0.4, -0.2) is 32.1 Å². The fourth-order valence-electron chi connectivity index (χ4n) is 1.55. The zero-order valence-electron chi connectivity index (χ0n) is 11.9. The van der Waals surface area contributed by atoms with Gasteiger partial charge in [-0.05, 0) is 31.2 Å². The number of halogens is 2. The standard InChI is InChI=1S/C14H21ClN2O2.ClH/c1-3-9-19-13-6-5-11(15)10-12(13)14(18)17-8-7-16-4-2;/h5-6,10,16H,3-4,7-9H2,1-2H3,(H,17,18);1H. The summed E-state index contributed by atoms with van der Waals surface area (Å²) in [6.07, 6.45) is 0.893. The predicted molar refractivity (Wildman–Crippen MR) is 85.4 cm³/mol. The molecule has 1 aromatic carbocycles. The van der Waals surface area contributed by atoms with Gasteiger partial charge < -0.3 is 15.4 Å². The first kappa shape index (κ1) is 19.0. The van der Waals surface area contributed by atoms with Crippen molar-refractivity contribution < 1.29 is 9.53 Å². The molecule has 114 valence electrons. The molecular weight excluding hydrogens is 299 g/mol. The van der Waals surface area contributed by atoms with Crippen LogP contribution in [0.2, 0.25) is 5.02 Å². The fourth-order valence-corrected chi connectivity index (χ4v) is 1.73. The maximum atomic E-state index is 12.1. The average molecular weight is 321 g/mol. The summed E-state index contributed by atoms with van der Waals surface area (Å²) in [5, 5.41) is 6.51. The van der Waals surface area contributed by atoms with Gasteiger partial charge in [0.2, 0.25) is 0 Å². The van der Waals surface area contributed by atoms with E-state index in [0.29, 0.717) is 29.5 Å². The molecule has 1 amide bonds. The number of nitrogens with one attached hydrogen (secondary N) is 2. The highest BCUT2D eigenvalue weighted by Gasteiger charge is 2.12. The molecule has 0 spiro atoms. The first-order valence-corrected chi connectivity index (χ1v) is 6.98. The van der Waals surface area contributed by atoms with Crippen LogP contribution >= 0.6 is 24.0 Å². The van der Waals surface area contributed by atoms with E-state index in [-0.39, 0.29) is 18.3 Å². The lowest BCUT2D eigenvalue weighted by Gasteiger charge is -2.11. The highest BCUT2D eigenvalue weighted by molar-refractivity contribution is 6.31. The second kappa shape index (κ2) is 10.8.